The lowest BCUT2D eigenvalue weighted by molar-refractivity contribution is 0.240. The van der Waals surface area contributed by atoms with Crippen molar-refractivity contribution in [1.82, 2.24) is 10.2 Å². The van der Waals surface area contributed by atoms with Crippen LogP contribution in [0.25, 0.3) is 0 Å². The molecule has 0 amide bonds. The van der Waals surface area contributed by atoms with Gasteiger partial charge >= 0.3 is 0 Å². The highest BCUT2D eigenvalue weighted by Gasteiger charge is 2.32. The summed E-state index contributed by atoms with van der Waals surface area (Å²) in [5.41, 5.74) is 0.648. The number of rotatable bonds is 2. The zero-order valence-electron chi connectivity index (χ0n) is 10.7. The van der Waals surface area contributed by atoms with Gasteiger partial charge < -0.3 is 10.2 Å². The lowest BCUT2D eigenvalue weighted by atomic mass is 9.98. The van der Waals surface area contributed by atoms with Crippen LogP contribution >= 0.6 is 0 Å². The van der Waals surface area contributed by atoms with Crippen LogP contribution in [-0.2, 0) is 10.1 Å². The normalized spacial score (nSPS) is 25.1. The van der Waals surface area contributed by atoms with E-state index >= 15 is 0 Å². The highest BCUT2D eigenvalue weighted by molar-refractivity contribution is 7.86. The van der Waals surface area contributed by atoms with Crippen LogP contribution < -0.4 is 5.32 Å². The van der Waals surface area contributed by atoms with Gasteiger partial charge in [0.05, 0.1) is 11.3 Å². The van der Waals surface area contributed by atoms with Crippen molar-refractivity contribution < 1.29 is 13.0 Å². The van der Waals surface area contributed by atoms with Crippen molar-refractivity contribution in [3.8, 4) is 6.07 Å². The summed E-state index contributed by atoms with van der Waals surface area (Å²) in [6.07, 6.45) is 5.18. The first-order chi connectivity index (χ1) is 8.93. The molecule has 0 aromatic rings. The number of hydrogen-bond acceptors (Lipinski definition) is 5. The SMILES string of the molecule is CC1CCN(C2=C(C#N)C(S(=O)(=O)O)NC=C2)CC1. The van der Waals surface area contributed by atoms with E-state index in [1.54, 1.807) is 6.08 Å². The summed E-state index contributed by atoms with van der Waals surface area (Å²) in [7, 11) is -4.34. The third-order valence-corrected chi connectivity index (χ3v) is 4.54. The first-order valence-electron chi connectivity index (χ1n) is 6.21. The molecule has 1 saturated heterocycles. The van der Waals surface area contributed by atoms with E-state index in [0.717, 1.165) is 25.9 Å². The van der Waals surface area contributed by atoms with Gasteiger partial charge in [0.1, 0.15) is 6.07 Å². The van der Waals surface area contributed by atoms with Crippen LogP contribution in [0.4, 0.5) is 0 Å². The quantitative estimate of drug-likeness (QED) is 0.729. The predicted octanol–water partition coefficient (Wildman–Crippen LogP) is 0.827. The van der Waals surface area contributed by atoms with Gasteiger partial charge in [0.25, 0.3) is 10.1 Å². The molecule has 7 heteroatoms. The predicted molar refractivity (Wildman–Crippen MR) is 70.2 cm³/mol. The fourth-order valence-corrected chi connectivity index (χ4v) is 3.12. The minimum Gasteiger partial charge on any atom is -0.371 e. The minimum absolute atomic E-state index is 0.0551. The lowest BCUT2D eigenvalue weighted by Crippen LogP contribution is -2.41. The molecule has 19 heavy (non-hydrogen) atoms. The van der Waals surface area contributed by atoms with Crippen molar-refractivity contribution in [1.29, 1.82) is 5.26 Å². The Balaban J connectivity index is 2.33. The Bertz CT molecular complexity index is 551. The van der Waals surface area contributed by atoms with Crippen molar-refractivity contribution in [3.63, 3.8) is 0 Å². The van der Waals surface area contributed by atoms with E-state index in [2.05, 4.69) is 12.2 Å². The average molecular weight is 283 g/mol. The molecule has 0 radical (unpaired) electrons. The molecular weight excluding hydrogens is 266 g/mol. The van der Waals surface area contributed by atoms with E-state index in [0.29, 0.717) is 11.6 Å². The number of likely N-dealkylation sites (tertiary alicyclic amines) is 1. The van der Waals surface area contributed by atoms with Gasteiger partial charge in [-0.15, -0.1) is 0 Å². The third-order valence-electron chi connectivity index (χ3n) is 3.57. The molecule has 0 aliphatic carbocycles. The second kappa shape index (κ2) is 5.23. The first-order valence-corrected chi connectivity index (χ1v) is 7.72. The first kappa shape index (κ1) is 13.9. The van der Waals surface area contributed by atoms with Crippen LogP contribution in [0, 0.1) is 17.2 Å². The van der Waals surface area contributed by atoms with Crippen LogP contribution in [0.5, 0.6) is 0 Å². The molecule has 104 valence electrons. The smallest absolute Gasteiger partial charge is 0.291 e. The average Bonchev–Trinajstić information content (AvgIpc) is 2.37. The molecular formula is C12H17N3O3S. The molecule has 0 bridgehead atoms. The number of nitrogens with one attached hydrogen (secondary N) is 1. The zero-order valence-corrected chi connectivity index (χ0v) is 11.5. The Labute approximate surface area is 113 Å². The molecule has 1 atom stereocenters. The number of dihydropyridines is 1. The Hall–Kier alpha value is -1.52. The van der Waals surface area contributed by atoms with E-state index in [4.69, 9.17) is 0 Å². The van der Waals surface area contributed by atoms with Gasteiger partial charge in [-0.1, -0.05) is 6.92 Å². The maximum absolute atomic E-state index is 11.3. The van der Waals surface area contributed by atoms with Gasteiger partial charge in [-0.3, -0.25) is 4.55 Å². The van der Waals surface area contributed by atoms with Gasteiger partial charge in [-0.2, -0.15) is 13.7 Å². The van der Waals surface area contributed by atoms with Gasteiger partial charge in [-0.05, 0) is 31.0 Å². The Morgan fingerprint density at radius 2 is 2.11 bits per heavy atom. The zero-order chi connectivity index (χ0) is 14.0. The van der Waals surface area contributed by atoms with Gasteiger partial charge in [0, 0.05) is 13.1 Å². The number of piperidine rings is 1. The summed E-state index contributed by atoms with van der Waals surface area (Å²) in [6.45, 7) is 3.77. The standard InChI is InChI=1S/C12H17N3O3S/c1-9-3-6-15(7-4-9)11-2-5-14-12(10(11)8-13)19(16,17)18/h2,5,9,12,14H,3-4,6-7H2,1H3,(H,16,17,18). The fraction of sp³-hybridized carbons (Fsp3) is 0.583. The van der Waals surface area contributed by atoms with Crippen molar-refractivity contribution in [2.24, 2.45) is 5.92 Å². The second-order valence-electron chi connectivity index (χ2n) is 4.98. The number of allylic oxidation sites excluding steroid dienone is 1. The molecule has 0 aromatic carbocycles. The van der Waals surface area contributed by atoms with Crippen LogP contribution in [0.2, 0.25) is 0 Å². The molecule has 2 aliphatic rings. The maximum Gasteiger partial charge on any atom is 0.291 e. The van der Waals surface area contributed by atoms with E-state index in [1.165, 1.54) is 6.20 Å². The van der Waals surface area contributed by atoms with E-state index in [-0.39, 0.29) is 5.57 Å². The molecule has 6 nitrogen and oxygen atoms in total. The number of hydrogen-bond donors (Lipinski definition) is 2. The van der Waals surface area contributed by atoms with Crippen LogP contribution in [-0.4, -0.2) is 36.3 Å². The highest BCUT2D eigenvalue weighted by atomic mass is 32.2. The summed E-state index contributed by atoms with van der Waals surface area (Å²) < 4.78 is 31.8. The van der Waals surface area contributed by atoms with Gasteiger partial charge in [-0.25, -0.2) is 0 Å². The van der Waals surface area contributed by atoms with Gasteiger partial charge in [0.2, 0.25) is 0 Å². The van der Waals surface area contributed by atoms with E-state index in [9.17, 15) is 18.2 Å². The third kappa shape index (κ3) is 2.91. The molecule has 0 aromatic heterocycles. The van der Waals surface area contributed by atoms with Crippen molar-refractivity contribution in [2.45, 2.75) is 25.1 Å². The highest BCUT2D eigenvalue weighted by Crippen LogP contribution is 2.26. The molecule has 1 fully saturated rings. The van der Waals surface area contributed by atoms with Crippen LogP contribution in [0.1, 0.15) is 19.8 Å². The molecule has 2 heterocycles. The lowest BCUT2D eigenvalue weighted by Gasteiger charge is -2.35. The fourth-order valence-electron chi connectivity index (χ4n) is 2.40. The Morgan fingerprint density at radius 3 is 2.63 bits per heavy atom. The van der Waals surface area contributed by atoms with Crippen molar-refractivity contribution >= 4 is 10.1 Å². The minimum atomic E-state index is -4.34. The van der Waals surface area contributed by atoms with Crippen molar-refractivity contribution in [3.05, 3.63) is 23.5 Å². The molecule has 2 N–H and O–H groups in total. The van der Waals surface area contributed by atoms with Crippen LogP contribution in [0.3, 0.4) is 0 Å². The molecule has 1 unspecified atom stereocenters. The summed E-state index contributed by atoms with van der Waals surface area (Å²) in [5, 5.41) is 10.3. The Kier molecular flexibility index (Phi) is 3.83. The van der Waals surface area contributed by atoms with Crippen molar-refractivity contribution in [2.75, 3.05) is 13.1 Å². The van der Waals surface area contributed by atoms with Crippen LogP contribution in [0.15, 0.2) is 23.5 Å². The summed E-state index contributed by atoms with van der Waals surface area (Å²) in [4.78, 5) is 2.01. The maximum atomic E-state index is 11.3. The largest absolute Gasteiger partial charge is 0.371 e. The summed E-state index contributed by atoms with van der Waals surface area (Å²) in [5.74, 6) is 0.644. The molecule has 0 saturated carbocycles. The molecule has 2 rings (SSSR count). The molecule has 2 aliphatic heterocycles. The summed E-state index contributed by atoms with van der Waals surface area (Å²) in [6, 6.07) is 1.90. The van der Waals surface area contributed by atoms with E-state index in [1.807, 2.05) is 11.0 Å². The molecule has 0 spiro atoms. The van der Waals surface area contributed by atoms with Gasteiger partial charge in [0.15, 0.2) is 5.37 Å². The topological polar surface area (TPSA) is 93.4 Å². The monoisotopic (exact) mass is 283 g/mol. The van der Waals surface area contributed by atoms with E-state index < -0.39 is 15.5 Å². The Morgan fingerprint density at radius 1 is 1.47 bits per heavy atom. The summed E-state index contributed by atoms with van der Waals surface area (Å²) >= 11 is 0. The second-order valence-corrected chi connectivity index (χ2v) is 6.48. The number of nitrogens with zero attached hydrogens (tertiary/aromatic N) is 2. The number of nitriles is 1.